The molecular weight excluding hydrogens is 326 g/mol. The second-order valence-corrected chi connectivity index (χ2v) is 5.90. The molecule has 0 amide bonds. The van der Waals surface area contributed by atoms with Crippen molar-refractivity contribution in [2.75, 3.05) is 7.11 Å². The summed E-state index contributed by atoms with van der Waals surface area (Å²) >= 11 is 1.50. The summed E-state index contributed by atoms with van der Waals surface area (Å²) in [6.45, 7) is 0. The minimum absolute atomic E-state index is 0.573. The summed E-state index contributed by atoms with van der Waals surface area (Å²) in [5.41, 5.74) is 2.42. The quantitative estimate of drug-likeness (QED) is 0.558. The summed E-state index contributed by atoms with van der Waals surface area (Å²) in [6, 6.07) is 7.66. The number of fused-ring (bicyclic) bond motifs is 1. The van der Waals surface area contributed by atoms with Crippen molar-refractivity contribution in [2.45, 2.75) is 10.9 Å². The summed E-state index contributed by atoms with van der Waals surface area (Å²) in [6.07, 6.45) is 4.90. The summed E-state index contributed by atoms with van der Waals surface area (Å²) in [5, 5.41) is 0.759. The van der Waals surface area contributed by atoms with Gasteiger partial charge >= 0.3 is 0 Å². The lowest BCUT2D eigenvalue weighted by Crippen LogP contribution is -1.82. The van der Waals surface area contributed by atoms with Gasteiger partial charge in [-0.15, -0.1) is 0 Å². The van der Waals surface area contributed by atoms with Gasteiger partial charge in [0.25, 0.3) is 0 Å². The number of ether oxygens (including phenoxy) is 1. The summed E-state index contributed by atoms with van der Waals surface area (Å²) in [5.74, 6) is 2.74. The Morgan fingerprint density at radius 2 is 2.04 bits per heavy atom. The number of methoxy groups -OCH3 is 1. The van der Waals surface area contributed by atoms with E-state index in [4.69, 9.17) is 9.15 Å². The number of aromatic amines is 1. The van der Waals surface area contributed by atoms with Gasteiger partial charge in [0, 0.05) is 5.56 Å². The van der Waals surface area contributed by atoms with E-state index in [1.807, 2.05) is 24.3 Å². The number of nitrogens with one attached hydrogen (secondary N) is 1. The Balaban J connectivity index is 1.46. The van der Waals surface area contributed by atoms with Crippen LogP contribution in [-0.4, -0.2) is 32.0 Å². The Bertz CT molecular complexity index is 931. The third-order valence-corrected chi connectivity index (χ3v) is 4.26. The smallest absolute Gasteiger partial charge is 0.205 e. The van der Waals surface area contributed by atoms with Gasteiger partial charge in [0.2, 0.25) is 5.89 Å². The van der Waals surface area contributed by atoms with Gasteiger partial charge in [-0.05, 0) is 24.3 Å². The van der Waals surface area contributed by atoms with Crippen molar-refractivity contribution in [3.05, 3.63) is 48.9 Å². The van der Waals surface area contributed by atoms with Crippen LogP contribution in [0.4, 0.5) is 0 Å². The van der Waals surface area contributed by atoms with Crippen molar-refractivity contribution in [3.8, 4) is 17.1 Å². The van der Waals surface area contributed by atoms with Gasteiger partial charge in [-0.2, -0.15) is 0 Å². The largest absolute Gasteiger partial charge is 0.497 e. The van der Waals surface area contributed by atoms with E-state index in [-0.39, 0.29) is 0 Å². The third-order valence-electron chi connectivity index (χ3n) is 3.40. The molecule has 3 aromatic heterocycles. The van der Waals surface area contributed by atoms with Gasteiger partial charge < -0.3 is 14.1 Å². The van der Waals surface area contributed by atoms with E-state index in [1.54, 1.807) is 19.5 Å². The molecule has 4 rings (SSSR count). The van der Waals surface area contributed by atoms with Crippen molar-refractivity contribution in [1.82, 2.24) is 24.9 Å². The van der Waals surface area contributed by atoms with Crippen LogP contribution in [0.25, 0.3) is 22.5 Å². The molecule has 0 spiro atoms. The molecule has 0 fully saturated rings. The molecule has 0 atom stereocenters. The van der Waals surface area contributed by atoms with Gasteiger partial charge in [0.15, 0.2) is 16.6 Å². The van der Waals surface area contributed by atoms with Crippen molar-refractivity contribution < 1.29 is 9.15 Å². The molecule has 1 aromatic carbocycles. The van der Waals surface area contributed by atoms with Crippen LogP contribution >= 0.6 is 11.8 Å². The molecule has 0 unspecified atom stereocenters. The summed E-state index contributed by atoms with van der Waals surface area (Å²) in [7, 11) is 1.64. The predicted octanol–water partition coefficient (Wildman–Crippen LogP) is 3.31. The number of thioether (sulfide) groups is 1. The zero-order valence-corrected chi connectivity index (χ0v) is 13.6. The minimum Gasteiger partial charge on any atom is -0.497 e. The standard InChI is InChI=1S/C16H13N5O2S/c1-22-11-4-2-10(3-5-11)13-7-18-14(23-13)8-24-16-20-12-6-17-9-19-15(12)21-16/h2-7,9H,8H2,1H3,(H,17,19,20,21). The molecule has 3 heterocycles. The van der Waals surface area contributed by atoms with Crippen LogP contribution in [0.1, 0.15) is 5.89 Å². The second-order valence-electron chi connectivity index (χ2n) is 4.94. The molecule has 0 saturated heterocycles. The average molecular weight is 339 g/mol. The number of aromatic nitrogens is 5. The Morgan fingerprint density at radius 1 is 1.17 bits per heavy atom. The molecule has 0 aliphatic rings. The normalized spacial score (nSPS) is 11.0. The first-order valence-corrected chi connectivity index (χ1v) is 8.18. The molecular formula is C16H13N5O2S. The zero-order chi connectivity index (χ0) is 16.4. The maximum atomic E-state index is 5.80. The number of oxazole rings is 1. The van der Waals surface area contributed by atoms with E-state index in [1.165, 1.54) is 18.1 Å². The van der Waals surface area contributed by atoms with Crippen LogP contribution in [0.15, 0.2) is 52.6 Å². The Hall–Kier alpha value is -2.87. The van der Waals surface area contributed by atoms with E-state index in [0.29, 0.717) is 17.3 Å². The molecule has 0 bridgehead atoms. The predicted molar refractivity (Wildman–Crippen MR) is 89.7 cm³/mol. The first-order chi connectivity index (χ1) is 11.8. The fourth-order valence-corrected chi connectivity index (χ4v) is 2.93. The SMILES string of the molecule is COc1ccc(-c2cnc(CSc3nc4ncncc4[nH]3)o2)cc1. The highest BCUT2D eigenvalue weighted by molar-refractivity contribution is 7.98. The molecule has 7 nitrogen and oxygen atoms in total. The maximum absolute atomic E-state index is 5.80. The van der Waals surface area contributed by atoms with Crippen molar-refractivity contribution >= 4 is 22.9 Å². The number of nitrogens with zero attached hydrogens (tertiary/aromatic N) is 4. The van der Waals surface area contributed by atoms with Gasteiger partial charge in [-0.1, -0.05) is 11.8 Å². The van der Waals surface area contributed by atoms with Crippen LogP contribution in [0, 0.1) is 0 Å². The van der Waals surface area contributed by atoms with E-state index >= 15 is 0 Å². The molecule has 0 radical (unpaired) electrons. The number of rotatable bonds is 5. The van der Waals surface area contributed by atoms with Gasteiger partial charge in [-0.3, -0.25) is 0 Å². The minimum atomic E-state index is 0.573. The van der Waals surface area contributed by atoms with Crippen molar-refractivity contribution in [2.24, 2.45) is 0 Å². The van der Waals surface area contributed by atoms with Crippen LogP contribution in [0.2, 0.25) is 0 Å². The first kappa shape index (κ1) is 14.7. The molecule has 120 valence electrons. The number of H-pyrrole nitrogens is 1. The number of benzene rings is 1. The highest BCUT2D eigenvalue weighted by atomic mass is 32.2. The number of hydrogen-bond acceptors (Lipinski definition) is 7. The van der Waals surface area contributed by atoms with E-state index in [2.05, 4.69) is 24.9 Å². The highest BCUT2D eigenvalue weighted by Crippen LogP contribution is 2.26. The van der Waals surface area contributed by atoms with Gasteiger partial charge in [0.1, 0.15) is 17.6 Å². The molecule has 24 heavy (non-hydrogen) atoms. The fourth-order valence-electron chi connectivity index (χ4n) is 2.20. The van der Waals surface area contributed by atoms with Gasteiger partial charge in [-0.25, -0.2) is 19.9 Å². The zero-order valence-electron chi connectivity index (χ0n) is 12.8. The second kappa shape index (κ2) is 6.32. The molecule has 1 N–H and O–H groups in total. The molecule has 8 heteroatoms. The van der Waals surface area contributed by atoms with Crippen LogP contribution in [0.5, 0.6) is 5.75 Å². The van der Waals surface area contributed by atoms with Crippen LogP contribution in [0.3, 0.4) is 0 Å². The lowest BCUT2D eigenvalue weighted by molar-refractivity contribution is 0.415. The lowest BCUT2D eigenvalue weighted by atomic mass is 10.2. The molecule has 0 aliphatic heterocycles. The first-order valence-electron chi connectivity index (χ1n) is 7.19. The van der Waals surface area contributed by atoms with Gasteiger partial charge in [0.05, 0.1) is 25.3 Å². The molecule has 4 aromatic rings. The van der Waals surface area contributed by atoms with E-state index in [0.717, 1.165) is 27.7 Å². The van der Waals surface area contributed by atoms with Crippen LogP contribution < -0.4 is 4.74 Å². The number of hydrogen-bond donors (Lipinski definition) is 1. The Kier molecular flexibility index (Phi) is 3.87. The fraction of sp³-hybridized carbons (Fsp3) is 0.125. The van der Waals surface area contributed by atoms with Crippen molar-refractivity contribution in [1.29, 1.82) is 0 Å². The highest BCUT2D eigenvalue weighted by Gasteiger charge is 2.09. The lowest BCUT2D eigenvalue weighted by Gasteiger charge is -2.00. The topological polar surface area (TPSA) is 89.7 Å². The Labute approximate surface area is 141 Å². The monoisotopic (exact) mass is 339 g/mol. The van der Waals surface area contributed by atoms with E-state index < -0.39 is 0 Å². The molecule has 0 aliphatic carbocycles. The Morgan fingerprint density at radius 3 is 2.83 bits per heavy atom. The summed E-state index contributed by atoms with van der Waals surface area (Å²) in [4.78, 5) is 19.9. The van der Waals surface area contributed by atoms with Crippen molar-refractivity contribution in [3.63, 3.8) is 0 Å². The summed E-state index contributed by atoms with van der Waals surface area (Å²) < 4.78 is 10.9. The van der Waals surface area contributed by atoms with E-state index in [9.17, 15) is 0 Å². The van der Waals surface area contributed by atoms with Crippen LogP contribution in [-0.2, 0) is 5.75 Å². The average Bonchev–Trinajstić information content (AvgIpc) is 3.26. The number of imidazole rings is 1. The maximum Gasteiger partial charge on any atom is 0.205 e. The molecule has 0 saturated carbocycles. The third kappa shape index (κ3) is 2.95.